The Morgan fingerprint density at radius 1 is 0.797 bits per heavy atom. The van der Waals surface area contributed by atoms with Crippen molar-refractivity contribution >= 4 is 39.7 Å². The van der Waals surface area contributed by atoms with Gasteiger partial charge in [-0.1, -0.05) is 95.4 Å². The SMILES string of the molecule is CCCCCCCCCCCCCC(=O)OCn1c(=O)c(C2CCN(C(=O)NC(Cc3cc(C)c4[nH]ncc4c3)C(=O)N3CCN(C4CCN(C)CC4)CC3)CC2)cc2ccccc21. The number of H-pyrrole nitrogens is 1. The lowest BCUT2D eigenvalue weighted by atomic mass is 9.89. The summed E-state index contributed by atoms with van der Waals surface area (Å²) in [5, 5.41) is 12.4. The predicted molar refractivity (Wildman–Crippen MR) is 254 cm³/mol. The Bertz CT molecular complexity index is 2200. The molecule has 0 radical (unpaired) electrons. The van der Waals surface area contributed by atoms with Crippen LogP contribution in [0.15, 0.2) is 53.5 Å². The molecule has 2 N–H and O–H groups in total. The third-order valence-electron chi connectivity index (χ3n) is 14.3. The lowest BCUT2D eigenvalue weighted by Crippen LogP contribution is -2.59. The number of nitrogens with zero attached hydrogens (tertiary/aromatic N) is 6. The van der Waals surface area contributed by atoms with Gasteiger partial charge in [-0.25, -0.2) is 4.79 Å². The first-order chi connectivity index (χ1) is 31.2. The van der Waals surface area contributed by atoms with Gasteiger partial charge in [0.2, 0.25) is 5.91 Å². The van der Waals surface area contributed by atoms with Crippen molar-refractivity contribution in [3.05, 3.63) is 75.7 Å². The van der Waals surface area contributed by atoms with Crippen LogP contribution in [0.25, 0.3) is 21.8 Å². The largest absolute Gasteiger partial charge is 0.444 e. The van der Waals surface area contributed by atoms with Gasteiger partial charge in [-0.15, -0.1) is 0 Å². The zero-order chi connectivity index (χ0) is 44.8. The molecular weight excluding hydrogens is 805 g/mol. The van der Waals surface area contributed by atoms with E-state index in [0.717, 1.165) is 91.2 Å². The number of hydrogen-bond donors (Lipinski definition) is 2. The number of carbonyl (C=O) groups is 3. The van der Waals surface area contributed by atoms with Crippen LogP contribution in [0.5, 0.6) is 0 Å². The summed E-state index contributed by atoms with van der Waals surface area (Å²) < 4.78 is 7.32. The minimum absolute atomic E-state index is 0.0487. The van der Waals surface area contributed by atoms with Crippen LogP contribution in [0.3, 0.4) is 0 Å². The number of aromatic amines is 1. The van der Waals surface area contributed by atoms with Gasteiger partial charge in [-0.2, -0.15) is 5.10 Å². The Kier molecular flexibility index (Phi) is 17.3. The predicted octanol–water partition coefficient (Wildman–Crippen LogP) is 8.13. The van der Waals surface area contributed by atoms with Crippen LogP contribution in [0.2, 0.25) is 0 Å². The molecule has 3 saturated heterocycles. The highest BCUT2D eigenvalue weighted by Crippen LogP contribution is 2.29. The van der Waals surface area contributed by atoms with E-state index in [1.54, 1.807) is 15.7 Å². The molecule has 0 spiro atoms. The summed E-state index contributed by atoms with van der Waals surface area (Å²) >= 11 is 0. The average Bonchev–Trinajstić information content (AvgIpc) is 3.80. The number of piperazine rings is 1. The number of hydrogen-bond acceptors (Lipinski definition) is 8. The van der Waals surface area contributed by atoms with E-state index in [1.807, 2.05) is 42.2 Å². The van der Waals surface area contributed by atoms with Crippen LogP contribution in [-0.4, -0.2) is 124 Å². The van der Waals surface area contributed by atoms with E-state index in [1.165, 1.54) is 51.4 Å². The number of rotatable bonds is 20. The van der Waals surface area contributed by atoms with E-state index >= 15 is 0 Å². The Labute approximate surface area is 380 Å². The molecule has 3 amide bonds. The molecule has 2 aromatic heterocycles. The molecule has 348 valence electrons. The zero-order valence-electron chi connectivity index (χ0n) is 39.0. The van der Waals surface area contributed by atoms with Gasteiger partial charge in [0, 0.05) is 69.1 Å². The first-order valence-corrected chi connectivity index (χ1v) is 24.7. The smallest absolute Gasteiger partial charge is 0.318 e. The summed E-state index contributed by atoms with van der Waals surface area (Å²) in [5.41, 5.74) is 4.24. The van der Waals surface area contributed by atoms with Gasteiger partial charge in [0.1, 0.15) is 6.04 Å². The Balaban J connectivity index is 0.938. The van der Waals surface area contributed by atoms with Crippen molar-refractivity contribution in [2.75, 3.05) is 59.4 Å². The number of piperidine rings is 2. The standard InChI is InChI=1S/C51H74N8O5/c1-4-5-6-7-8-9-10-11-12-13-14-19-47(60)64-37-59-46-18-16-15-17-41(46)35-44(49(59)61)40-20-26-58(27-21-40)51(63)53-45(34-39-32-38(2)48-42(33-39)36-52-54-48)50(62)57-30-28-56(29-31-57)43-22-24-55(3)25-23-43/h15-18,32-33,35-36,40,43,45H,4-14,19-31,34,37H2,1-3H3,(H,52,54)(H,53,63). The number of ether oxygens (including phenoxy) is 1. The molecule has 1 atom stereocenters. The monoisotopic (exact) mass is 879 g/mol. The van der Waals surface area contributed by atoms with E-state index in [2.05, 4.69) is 51.4 Å². The van der Waals surface area contributed by atoms with Gasteiger partial charge in [0.15, 0.2) is 6.73 Å². The summed E-state index contributed by atoms with van der Waals surface area (Å²) in [5.74, 6) is -0.393. The molecule has 0 aliphatic carbocycles. The van der Waals surface area contributed by atoms with Crippen LogP contribution in [0, 0.1) is 6.92 Å². The number of nitrogens with one attached hydrogen (secondary N) is 2. The number of carbonyl (C=O) groups excluding carboxylic acids is 3. The first-order valence-electron chi connectivity index (χ1n) is 24.7. The number of aryl methyl sites for hydroxylation is 1. The van der Waals surface area contributed by atoms with Crippen LogP contribution in [-0.2, 0) is 27.5 Å². The Morgan fingerprint density at radius 2 is 1.47 bits per heavy atom. The zero-order valence-corrected chi connectivity index (χ0v) is 39.0. The van der Waals surface area contributed by atoms with Crippen molar-refractivity contribution in [2.45, 2.75) is 148 Å². The van der Waals surface area contributed by atoms with Crippen molar-refractivity contribution < 1.29 is 19.1 Å². The van der Waals surface area contributed by atoms with Crippen LogP contribution in [0.4, 0.5) is 4.79 Å². The number of fused-ring (bicyclic) bond motifs is 2. The van der Waals surface area contributed by atoms with Crippen molar-refractivity contribution in [2.24, 2.45) is 0 Å². The lowest BCUT2D eigenvalue weighted by molar-refractivity contribution is -0.147. The van der Waals surface area contributed by atoms with Gasteiger partial charge < -0.3 is 24.8 Å². The van der Waals surface area contributed by atoms with E-state index < -0.39 is 6.04 Å². The summed E-state index contributed by atoms with van der Waals surface area (Å²) in [7, 11) is 2.18. The number of urea groups is 1. The van der Waals surface area contributed by atoms with Crippen LogP contribution >= 0.6 is 0 Å². The molecule has 13 heteroatoms. The van der Waals surface area contributed by atoms with Gasteiger partial charge in [-0.05, 0) is 99.8 Å². The number of pyridine rings is 1. The molecule has 5 heterocycles. The number of unbranched alkanes of at least 4 members (excludes halogenated alkanes) is 10. The van der Waals surface area contributed by atoms with E-state index in [-0.39, 0.29) is 36.1 Å². The number of amides is 3. The van der Waals surface area contributed by atoms with Gasteiger partial charge in [0.05, 0.1) is 17.2 Å². The van der Waals surface area contributed by atoms with Crippen molar-refractivity contribution in [1.82, 2.24) is 39.7 Å². The van der Waals surface area contributed by atoms with Crippen molar-refractivity contribution in [3.63, 3.8) is 0 Å². The average molecular weight is 879 g/mol. The fourth-order valence-corrected chi connectivity index (χ4v) is 10.3. The second kappa shape index (κ2) is 23.4. The minimum Gasteiger partial charge on any atom is -0.444 e. The van der Waals surface area contributed by atoms with Gasteiger partial charge >= 0.3 is 12.0 Å². The molecule has 0 saturated carbocycles. The van der Waals surface area contributed by atoms with Crippen LogP contribution < -0.4 is 10.9 Å². The van der Waals surface area contributed by atoms with E-state index in [4.69, 9.17) is 4.74 Å². The molecule has 13 nitrogen and oxygen atoms in total. The maximum absolute atomic E-state index is 14.4. The maximum atomic E-state index is 14.4. The van der Waals surface area contributed by atoms with E-state index in [0.29, 0.717) is 63.5 Å². The topological polar surface area (TPSA) is 136 Å². The Morgan fingerprint density at radius 3 is 2.17 bits per heavy atom. The summed E-state index contributed by atoms with van der Waals surface area (Å²) in [6.45, 7) is 10.2. The molecule has 0 bridgehead atoms. The van der Waals surface area contributed by atoms with Gasteiger partial charge in [-0.3, -0.25) is 28.9 Å². The highest BCUT2D eigenvalue weighted by atomic mass is 16.5. The highest BCUT2D eigenvalue weighted by molar-refractivity contribution is 5.88. The molecule has 7 rings (SSSR count). The summed E-state index contributed by atoms with van der Waals surface area (Å²) in [4.78, 5) is 64.1. The number of aromatic nitrogens is 3. The first kappa shape index (κ1) is 47.2. The van der Waals surface area contributed by atoms with E-state index in [9.17, 15) is 19.2 Å². The van der Waals surface area contributed by atoms with Gasteiger partial charge in [0.25, 0.3) is 5.56 Å². The fourth-order valence-electron chi connectivity index (χ4n) is 10.3. The molecule has 3 aliphatic rings. The molecule has 2 aromatic carbocycles. The van der Waals surface area contributed by atoms with Crippen molar-refractivity contribution in [1.29, 1.82) is 0 Å². The normalized spacial score (nSPS) is 17.6. The third-order valence-corrected chi connectivity index (χ3v) is 14.3. The summed E-state index contributed by atoms with van der Waals surface area (Å²) in [6.07, 6.45) is 19.4. The molecule has 4 aromatic rings. The van der Waals surface area contributed by atoms with Crippen molar-refractivity contribution in [3.8, 4) is 0 Å². The fraction of sp³-hybridized carbons (Fsp3) is 0.627. The second-order valence-electron chi connectivity index (χ2n) is 18.9. The quantitative estimate of drug-likeness (QED) is 0.0672. The molecule has 64 heavy (non-hydrogen) atoms. The molecular formula is C51H74N8O5. The third kappa shape index (κ3) is 12.5. The van der Waals surface area contributed by atoms with Crippen LogP contribution in [0.1, 0.15) is 132 Å². The minimum atomic E-state index is -0.728. The lowest BCUT2D eigenvalue weighted by Gasteiger charge is -2.43. The molecule has 3 aliphatic heterocycles. The number of benzene rings is 2. The number of para-hydroxylation sites is 1. The summed E-state index contributed by atoms with van der Waals surface area (Å²) in [6, 6.07) is 13.4. The maximum Gasteiger partial charge on any atom is 0.318 e. The molecule has 3 fully saturated rings. The number of esters is 1. The Hall–Kier alpha value is -4.75. The second-order valence-corrected chi connectivity index (χ2v) is 18.9. The number of likely N-dealkylation sites (tertiary alicyclic amines) is 2. The highest BCUT2D eigenvalue weighted by Gasteiger charge is 2.34. The molecule has 1 unspecified atom stereocenters.